The van der Waals surface area contributed by atoms with Gasteiger partial charge in [0.1, 0.15) is 0 Å². The van der Waals surface area contributed by atoms with Gasteiger partial charge < -0.3 is 0 Å². The molecule has 0 heterocycles. The third-order valence-electron chi connectivity index (χ3n) is 3.53. The molecule has 128 valence electrons. The first-order valence-corrected chi connectivity index (χ1v) is 10.2. The summed E-state index contributed by atoms with van der Waals surface area (Å²) in [5.74, 6) is -0.538. The molecule has 0 aliphatic rings. The van der Waals surface area contributed by atoms with E-state index in [0.717, 1.165) is 5.56 Å². The quantitative estimate of drug-likeness (QED) is 0.746. The van der Waals surface area contributed by atoms with Gasteiger partial charge in [0.15, 0.2) is 0 Å². The molecule has 0 bridgehead atoms. The van der Waals surface area contributed by atoms with Crippen molar-refractivity contribution in [1.29, 1.82) is 0 Å². The average Bonchev–Trinajstić information content (AvgIpc) is 2.55. The molecule has 24 heavy (non-hydrogen) atoms. The molecular weight excluding hydrogens is 365 g/mol. The Labute approximate surface area is 150 Å². The molecule has 0 fully saturated rings. The third kappa shape index (κ3) is 5.79. The monoisotopic (exact) mass is 391 g/mol. The van der Waals surface area contributed by atoms with Gasteiger partial charge in [-0.2, -0.15) is 0 Å². The second-order valence-electron chi connectivity index (χ2n) is 6.83. The molecule has 2 aromatic rings. The summed E-state index contributed by atoms with van der Waals surface area (Å²) in [5.41, 5.74) is 0.473. The van der Waals surface area contributed by atoms with E-state index in [1.54, 1.807) is 0 Å². The van der Waals surface area contributed by atoms with Crippen LogP contribution >= 0.6 is 0 Å². The molecule has 1 amide bonds. The second kappa shape index (κ2) is 8.48. The Morgan fingerprint density at radius 2 is 1.58 bits per heavy atom. The van der Waals surface area contributed by atoms with Crippen molar-refractivity contribution in [3.8, 4) is 0 Å². The van der Waals surface area contributed by atoms with Gasteiger partial charge in [0.25, 0.3) is 0 Å². The number of carbonyl (C=O) groups excluding carboxylic acids is 1. The van der Waals surface area contributed by atoms with Crippen LogP contribution in [0.3, 0.4) is 0 Å². The number of carbonyl (C=O) groups is 1. The van der Waals surface area contributed by atoms with E-state index in [2.05, 4.69) is 17.4 Å². The van der Waals surface area contributed by atoms with Crippen LogP contribution in [0.15, 0.2) is 60.7 Å². The Bertz CT molecular complexity index is 638. The van der Waals surface area contributed by atoms with Crippen LogP contribution in [0.5, 0.6) is 0 Å². The van der Waals surface area contributed by atoms with E-state index >= 15 is 0 Å². The number of nitrogens with one attached hydrogen (secondary N) is 1. The number of benzene rings is 2. The van der Waals surface area contributed by atoms with Crippen LogP contribution < -0.4 is 9.78 Å². The Hall–Kier alpha value is -1.61. The van der Waals surface area contributed by atoms with Crippen LogP contribution in [0.2, 0.25) is 5.32 Å². The van der Waals surface area contributed by atoms with Gasteiger partial charge in [-0.15, -0.1) is 0 Å². The van der Waals surface area contributed by atoms with Crippen molar-refractivity contribution >= 4 is 25.3 Å². The molecule has 2 N–H and O–H groups in total. The fourth-order valence-electron chi connectivity index (χ4n) is 2.36. The first-order chi connectivity index (χ1) is 11.4. The Morgan fingerprint density at radius 3 is 2.12 bits per heavy atom. The second-order valence-corrected chi connectivity index (χ2v) is 9.12. The zero-order valence-electron chi connectivity index (χ0n) is 14.4. The SMILES string of the molecule is CC(C)(C)NC(=O)[C@H](C[Se]c1ccccc1)[C@@H](O)c1ccccc1. The number of hydrogen-bond donors (Lipinski definition) is 2. The molecular formula is C20H25NO2Se. The van der Waals surface area contributed by atoms with Crippen molar-refractivity contribution in [1.82, 2.24) is 5.32 Å². The Kier molecular flexibility index (Phi) is 6.61. The summed E-state index contributed by atoms with van der Waals surface area (Å²) in [6.07, 6.45) is -0.792. The van der Waals surface area contributed by atoms with Gasteiger partial charge in [0.2, 0.25) is 0 Å². The maximum atomic E-state index is 12.7. The minimum absolute atomic E-state index is 0.0864. The van der Waals surface area contributed by atoms with Crippen molar-refractivity contribution in [2.75, 3.05) is 0 Å². The molecule has 2 atom stereocenters. The molecule has 0 spiro atoms. The van der Waals surface area contributed by atoms with E-state index in [9.17, 15) is 9.90 Å². The topological polar surface area (TPSA) is 49.3 Å². The van der Waals surface area contributed by atoms with Crippen LogP contribution in [0.25, 0.3) is 0 Å². The number of rotatable bonds is 6. The average molecular weight is 390 g/mol. The van der Waals surface area contributed by atoms with Gasteiger partial charge >= 0.3 is 150 Å². The first kappa shape index (κ1) is 18.7. The fraction of sp³-hybridized carbons (Fsp3) is 0.350. The van der Waals surface area contributed by atoms with Gasteiger partial charge in [-0.3, -0.25) is 0 Å². The molecule has 4 heteroatoms. The Balaban J connectivity index is 2.15. The molecule has 2 aromatic carbocycles. The van der Waals surface area contributed by atoms with Crippen LogP contribution in [-0.4, -0.2) is 31.5 Å². The minimum atomic E-state index is -0.792. The van der Waals surface area contributed by atoms with Crippen LogP contribution in [-0.2, 0) is 4.79 Å². The van der Waals surface area contributed by atoms with E-state index in [-0.39, 0.29) is 26.4 Å². The number of amides is 1. The predicted molar refractivity (Wildman–Crippen MR) is 99.4 cm³/mol. The van der Waals surface area contributed by atoms with Crippen LogP contribution in [0, 0.1) is 5.92 Å². The van der Waals surface area contributed by atoms with E-state index < -0.39 is 12.0 Å². The van der Waals surface area contributed by atoms with E-state index in [1.165, 1.54) is 4.46 Å². The van der Waals surface area contributed by atoms with Crippen molar-refractivity contribution in [3.63, 3.8) is 0 Å². The molecule has 0 radical (unpaired) electrons. The molecule has 2 rings (SSSR count). The molecule has 0 aliphatic carbocycles. The third-order valence-corrected chi connectivity index (χ3v) is 5.90. The summed E-state index contributed by atoms with van der Waals surface area (Å²) in [6.45, 7) is 5.87. The van der Waals surface area contributed by atoms with Gasteiger partial charge in [0.05, 0.1) is 0 Å². The summed E-state index contributed by atoms with van der Waals surface area (Å²) in [4.78, 5) is 12.7. The zero-order valence-corrected chi connectivity index (χ0v) is 16.1. The maximum absolute atomic E-state index is 12.7. The molecule has 0 aromatic heterocycles. The zero-order chi connectivity index (χ0) is 17.6. The van der Waals surface area contributed by atoms with Crippen LogP contribution in [0.4, 0.5) is 0 Å². The summed E-state index contributed by atoms with van der Waals surface area (Å²) in [5, 5.41) is 14.5. The number of aliphatic hydroxyl groups is 1. The number of aliphatic hydroxyl groups excluding tert-OH is 1. The molecule has 0 aliphatic heterocycles. The van der Waals surface area contributed by atoms with Gasteiger partial charge in [-0.05, 0) is 0 Å². The standard InChI is InChI=1S/C20H25NO2Se/c1-20(2,3)21-19(23)17(14-24-16-12-8-5-9-13-16)18(22)15-10-6-4-7-11-15/h4-13,17-18,22H,14H2,1-3H3,(H,21,23)/t17-,18+/m1/s1. The number of hydrogen-bond acceptors (Lipinski definition) is 2. The van der Waals surface area contributed by atoms with E-state index in [4.69, 9.17) is 0 Å². The normalized spacial score (nSPS) is 14.0. The fourth-order valence-corrected chi connectivity index (χ4v) is 4.57. The van der Waals surface area contributed by atoms with Gasteiger partial charge in [-0.1, -0.05) is 0 Å². The Morgan fingerprint density at radius 1 is 1.04 bits per heavy atom. The molecule has 0 saturated heterocycles. The first-order valence-electron chi connectivity index (χ1n) is 8.10. The van der Waals surface area contributed by atoms with Crippen molar-refractivity contribution in [3.05, 3.63) is 66.2 Å². The van der Waals surface area contributed by atoms with E-state index in [1.807, 2.05) is 69.3 Å². The summed E-state index contributed by atoms with van der Waals surface area (Å²) in [7, 11) is 0. The van der Waals surface area contributed by atoms with Crippen LogP contribution in [0.1, 0.15) is 32.4 Å². The summed E-state index contributed by atoms with van der Waals surface area (Å²) in [6, 6.07) is 19.6. The van der Waals surface area contributed by atoms with Crippen molar-refractivity contribution in [2.45, 2.75) is 37.7 Å². The predicted octanol–water partition coefficient (Wildman–Crippen LogP) is 2.70. The molecule has 0 saturated carbocycles. The van der Waals surface area contributed by atoms with Crippen molar-refractivity contribution < 1.29 is 9.90 Å². The molecule has 3 nitrogen and oxygen atoms in total. The molecule has 0 unspecified atom stereocenters. The van der Waals surface area contributed by atoms with Gasteiger partial charge in [0, 0.05) is 0 Å². The van der Waals surface area contributed by atoms with Gasteiger partial charge in [-0.25, -0.2) is 0 Å². The summed E-state index contributed by atoms with van der Waals surface area (Å²) < 4.78 is 1.24. The van der Waals surface area contributed by atoms with Crippen molar-refractivity contribution in [2.24, 2.45) is 5.92 Å². The summed E-state index contributed by atoms with van der Waals surface area (Å²) >= 11 is 0.136. The van der Waals surface area contributed by atoms with E-state index in [0.29, 0.717) is 5.32 Å².